The van der Waals surface area contributed by atoms with Gasteiger partial charge in [0.05, 0.1) is 42.5 Å². The van der Waals surface area contributed by atoms with Gasteiger partial charge in [-0.3, -0.25) is 4.79 Å². The molecule has 8 aromatic rings. The molecule has 48 heavy (non-hydrogen) atoms. The summed E-state index contributed by atoms with van der Waals surface area (Å²) in [5.41, 5.74) is 11.2. The Bertz CT molecular complexity index is 2300. The molecule has 0 aliphatic carbocycles. The van der Waals surface area contributed by atoms with Crippen LogP contribution in [0, 0.1) is 0 Å². The van der Waals surface area contributed by atoms with Crippen LogP contribution in [0.3, 0.4) is 0 Å². The zero-order chi connectivity index (χ0) is 32.5. The SMILES string of the molecule is C(/c1ccccc1)=c1/s/c(=C\c2ccccc2)c2nc3ccccc3nc12.O=Cc1ccccc1.c1ccc2nc3c(nc2c1)CSC3. The molecular formula is C41H30N4OS2. The molecule has 0 fully saturated rings. The van der Waals surface area contributed by atoms with E-state index in [1.807, 2.05) is 90.6 Å². The topological polar surface area (TPSA) is 68.6 Å². The van der Waals surface area contributed by atoms with Crippen LogP contribution in [0.2, 0.25) is 0 Å². The highest BCUT2D eigenvalue weighted by Gasteiger charge is 2.14. The van der Waals surface area contributed by atoms with Crippen molar-refractivity contribution in [3.8, 4) is 0 Å². The van der Waals surface area contributed by atoms with E-state index in [1.165, 1.54) is 22.5 Å². The van der Waals surface area contributed by atoms with Gasteiger partial charge in [0.1, 0.15) is 17.3 Å². The molecule has 0 N–H and O–H groups in total. The Kier molecular flexibility index (Phi) is 9.69. The molecule has 0 spiro atoms. The lowest BCUT2D eigenvalue weighted by Crippen LogP contribution is -1.98. The van der Waals surface area contributed by atoms with Crippen molar-refractivity contribution in [1.82, 2.24) is 19.9 Å². The normalized spacial score (nSPS) is 12.7. The first-order chi connectivity index (χ1) is 23.7. The van der Waals surface area contributed by atoms with Crippen LogP contribution in [-0.4, -0.2) is 26.2 Å². The molecule has 232 valence electrons. The van der Waals surface area contributed by atoms with Crippen LogP contribution >= 0.6 is 23.1 Å². The lowest BCUT2D eigenvalue weighted by Gasteiger charge is -1.99. The number of carbonyl (C=O) groups is 1. The summed E-state index contributed by atoms with van der Waals surface area (Å²) in [6, 6.07) is 45.9. The van der Waals surface area contributed by atoms with Crippen LogP contribution in [0.1, 0.15) is 32.9 Å². The predicted octanol–water partition coefficient (Wildman–Crippen LogP) is 8.38. The third-order valence-electron chi connectivity index (χ3n) is 7.59. The van der Waals surface area contributed by atoms with Crippen molar-refractivity contribution in [2.45, 2.75) is 11.5 Å². The van der Waals surface area contributed by atoms with E-state index < -0.39 is 0 Å². The van der Waals surface area contributed by atoms with Gasteiger partial charge < -0.3 is 0 Å². The summed E-state index contributed by atoms with van der Waals surface area (Å²) in [5.74, 6) is 2.04. The van der Waals surface area contributed by atoms with E-state index in [0.29, 0.717) is 0 Å². The minimum Gasteiger partial charge on any atom is -0.298 e. The van der Waals surface area contributed by atoms with Crippen molar-refractivity contribution in [2.75, 3.05) is 0 Å². The smallest absolute Gasteiger partial charge is 0.150 e. The third kappa shape index (κ3) is 7.39. The van der Waals surface area contributed by atoms with Gasteiger partial charge in [-0.05, 0) is 47.5 Å². The van der Waals surface area contributed by atoms with E-state index in [2.05, 4.69) is 70.7 Å². The van der Waals surface area contributed by atoms with Gasteiger partial charge in [0.15, 0.2) is 0 Å². The molecule has 0 unspecified atom stereocenters. The van der Waals surface area contributed by atoms with Crippen molar-refractivity contribution < 1.29 is 4.79 Å². The van der Waals surface area contributed by atoms with E-state index in [4.69, 9.17) is 9.97 Å². The number of aldehydes is 1. The summed E-state index contributed by atoms with van der Waals surface area (Å²) < 4.78 is 2.27. The predicted molar refractivity (Wildman–Crippen MR) is 201 cm³/mol. The molecular weight excluding hydrogens is 629 g/mol. The van der Waals surface area contributed by atoms with Crippen LogP contribution in [-0.2, 0) is 11.5 Å². The molecule has 0 amide bonds. The van der Waals surface area contributed by atoms with E-state index in [-0.39, 0.29) is 0 Å². The van der Waals surface area contributed by atoms with E-state index in [9.17, 15) is 4.79 Å². The average molecular weight is 659 g/mol. The Balaban J connectivity index is 0.000000142. The van der Waals surface area contributed by atoms with Gasteiger partial charge in [0.2, 0.25) is 0 Å². The van der Waals surface area contributed by atoms with Crippen LogP contribution in [0.5, 0.6) is 0 Å². The number of carbonyl (C=O) groups excluding carboxylic acids is 1. The van der Waals surface area contributed by atoms with Gasteiger partial charge >= 0.3 is 0 Å². The van der Waals surface area contributed by atoms with Crippen LogP contribution < -0.4 is 9.06 Å². The summed E-state index contributed by atoms with van der Waals surface area (Å²) in [6.45, 7) is 0. The van der Waals surface area contributed by atoms with Gasteiger partial charge in [-0.2, -0.15) is 0 Å². The third-order valence-corrected chi connectivity index (χ3v) is 9.61. The van der Waals surface area contributed by atoms with E-state index >= 15 is 0 Å². The van der Waals surface area contributed by atoms with Crippen molar-refractivity contribution in [3.63, 3.8) is 0 Å². The van der Waals surface area contributed by atoms with Gasteiger partial charge in [0.25, 0.3) is 0 Å². The minimum absolute atomic E-state index is 0.729. The van der Waals surface area contributed by atoms with Gasteiger partial charge in [-0.1, -0.05) is 115 Å². The molecule has 4 heterocycles. The number of benzene rings is 5. The van der Waals surface area contributed by atoms with Crippen molar-refractivity contribution in [3.05, 3.63) is 177 Å². The van der Waals surface area contributed by atoms with Crippen LogP contribution in [0.4, 0.5) is 0 Å². The number of nitrogens with zero attached hydrogens (tertiary/aromatic N) is 4. The number of fused-ring (bicyclic) bond motifs is 4. The number of rotatable bonds is 3. The first kappa shape index (κ1) is 31.1. The molecule has 9 rings (SSSR count). The minimum atomic E-state index is 0.729. The number of hydrogen-bond donors (Lipinski definition) is 0. The highest BCUT2D eigenvalue weighted by molar-refractivity contribution is 7.98. The summed E-state index contributed by atoms with van der Waals surface area (Å²) in [7, 11) is 0. The summed E-state index contributed by atoms with van der Waals surface area (Å²) in [5, 5.41) is 0. The molecule has 0 radical (unpaired) electrons. The Hall–Kier alpha value is -5.50. The molecule has 5 aromatic carbocycles. The first-order valence-electron chi connectivity index (χ1n) is 15.5. The Labute approximate surface area is 286 Å². The number of hydrogen-bond acceptors (Lipinski definition) is 7. The Morgan fingerprint density at radius 2 is 0.792 bits per heavy atom. The van der Waals surface area contributed by atoms with Crippen molar-refractivity contribution in [1.29, 1.82) is 0 Å². The fraction of sp³-hybridized carbons (Fsp3) is 0.0488. The second kappa shape index (κ2) is 14.9. The average Bonchev–Trinajstić information content (AvgIpc) is 3.74. The molecule has 3 aromatic heterocycles. The molecule has 7 heteroatoms. The fourth-order valence-corrected chi connectivity index (χ4v) is 7.29. The summed E-state index contributed by atoms with van der Waals surface area (Å²) >= 11 is 3.63. The van der Waals surface area contributed by atoms with Crippen molar-refractivity contribution >= 4 is 74.6 Å². The number of thioether (sulfide) groups is 1. The highest BCUT2D eigenvalue weighted by Crippen LogP contribution is 2.28. The second-order valence-corrected chi connectivity index (χ2v) is 13.0. The maximum absolute atomic E-state index is 10.0. The van der Waals surface area contributed by atoms with Gasteiger partial charge in [0, 0.05) is 17.1 Å². The standard InChI is InChI=1S/C24H16N2S.C10H8N2S.C7H6O/c1-3-9-17(10-4-1)15-21-23-24(26-20-14-8-7-13-19(20)25-23)22(27-21)16-18-11-5-2-6-12-18;1-2-4-8-7(3-1)11-9-5-13-6-10(9)12-8;8-6-7-4-2-1-3-5-7/h1-16H;1-4H,5-6H2;1-6H/b21-15-,22-16-;;. The number of thiophene rings is 1. The number of aromatic nitrogens is 4. The highest BCUT2D eigenvalue weighted by atomic mass is 32.2. The van der Waals surface area contributed by atoms with Crippen molar-refractivity contribution in [2.24, 2.45) is 0 Å². The lowest BCUT2D eigenvalue weighted by molar-refractivity contribution is 0.112. The van der Waals surface area contributed by atoms with E-state index in [1.54, 1.807) is 23.5 Å². The molecule has 0 bridgehead atoms. The second-order valence-electron chi connectivity index (χ2n) is 11.0. The molecule has 0 atom stereocenters. The quantitative estimate of drug-likeness (QED) is 0.178. The monoisotopic (exact) mass is 658 g/mol. The number of para-hydroxylation sites is 4. The largest absolute Gasteiger partial charge is 0.298 e. The maximum Gasteiger partial charge on any atom is 0.150 e. The summed E-state index contributed by atoms with van der Waals surface area (Å²) in [6.07, 6.45) is 5.22. The zero-order valence-corrected chi connectivity index (χ0v) is 27.6. The van der Waals surface area contributed by atoms with Crippen LogP contribution in [0.15, 0.2) is 140 Å². The summed E-state index contributed by atoms with van der Waals surface area (Å²) in [4.78, 5) is 29.0. The first-order valence-corrected chi connectivity index (χ1v) is 17.5. The Morgan fingerprint density at radius 3 is 1.17 bits per heavy atom. The maximum atomic E-state index is 10.0. The molecule has 5 nitrogen and oxygen atoms in total. The fourth-order valence-electron chi connectivity index (χ4n) is 5.24. The Morgan fingerprint density at radius 1 is 0.438 bits per heavy atom. The zero-order valence-electron chi connectivity index (χ0n) is 25.9. The molecule has 0 saturated heterocycles. The molecule has 1 aliphatic heterocycles. The van der Waals surface area contributed by atoms with Crippen LogP contribution in [0.25, 0.3) is 45.3 Å². The van der Waals surface area contributed by atoms with Gasteiger partial charge in [-0.15, -0.1) is 23.1 Å². The molecule has 0 saturated carbocycles. The molecule has 1 aliphatic rings. The lowest BCUT2D eigenvalue weighted by atomic mass is 10.2. The van der Waals surface area contributed by atoms with E-state index in [0.717, 1.165) is 65.5 Å². The van der Waals surface area contributed by atoms with Gasteiger partial charge in [-0.25, -0.2) is 19.9 Å².